The standard InChI is InChI=1S/C14H18N4O/c1-10(2)11-4-6-12(7-5-11)14(19)18(3)8-13-15-9-16-17-13/h4-7,9-10H,8H2,1-3H3,(H,15,16,17). The molecule has 1 amide bonds. The molecule has 0 aliphatic rings. The van der Waals surface area contributed by atoms with Crippen molar-refractivity contribution in [1.82, 2.24) is 20.1 Å². The Bertz CT molecular complexity index is 531. The Morgan fingerprint density at radius 2 is 2.00 bits per heavy atom. The first-order valence-corrected chi connectivity index (χ1v) is 6.27. The Kier molecular flexibility index (Phi) is 3.94. The van der Waals surface area contributed by atoms with Crippen molar-refractivity contribution >= 4 is 5.91 Å². The van der Waals surface area contributed by atoms with Gasteiger partial charge in [-0.1, -0.05) is 26.0 Å². The zero-order valence-corrected chi connectivity index (χ0v) is 11.4. The lowest BCUT2D eigenvalue weighted by atomic mass is 10.0. The Morgan fingerprint density at radius 1 is 1.32 bits per heavy atom. The van der Waals surface area contributed by atoms with E-state index >= 15 is 0 Å². The summed E-state index contributed by atoms with van der Waals surface area (Å²) in [6.07, 6.45) is 1.44. The number of hydrogen-bond donors (Lipinski definition) is 1. The molecule has 1 N–H and O–H groups in total. The Morgan fingerprint density at radius 3 is 2.53 bits per heavy atom. The summed E-state index contributed by atoms with van der Waals surface area (Å²) in [6, 6.07) is 7.74. The third-order valence-corrected chi connectivity index (χ3v) is 3.02. The average Bonchev–Trinajstić information content (AvgIpc) is 2.90. The Labute approximate surface area is 112 Å². The number of rotatable bonds is 4. The highest BCUT2D eigenvalue weighted by atomic mass is 16.2. The van der Waals surface area contributed by atoms with E-state index in [1.54, 1.807) is 11.9 Å². The van der Waals surface area contributed by atoms with Crippen LogP contribution in [-0.4, -0.2) is 33.0 Å². The van der Waals surface area contributed by atoms with Crippen molar-refractivity contribution < 1.29 is 4.79 Å². The van der Waals surface area contributed by atoms with Gasteiger partial charge in [-0.25, -0.2) is 4.98 Å². The van der Waals surface area contributed by atoms with Gasteiger partial charge in [0.15, 0.2) is 0 Å². The molecule has 100 valence electrons. The lowest BCUT2D eigenvalue weighted by molar-refractivity contribution is 0.0781. The van der Waals surface area contributed by atoms with Gasteiger partial charge in [0.05, 0.1) is 6.54 Å². The van der Waals surface area contributed by atoms with E-state index < -0.39 is 0 Å². The number of carbonyl (C=O) groups excluding carboxylic acids is 1. The van der Waals surface area contributed by atoms with Gasteiger partial charge in [0, 0.05) is 12.6 Å². The number of aromatic amines is 1. The van der Waals surface area contributed by atoms with Crippen LogP contribution in [0, 0.1) is 0 Å². The third-order valence-electron chi connectivity index (χ3n) is 3.02. The van der Waals surface area contributed by atoms with Gasteiger partial charge >= 0.3 is 0 Å². The molecule has 0 aliphatic carbocycles. The number of carbonyl (C=O) groups is 1. The summed E-state index contributed by atoms with van der Waals surface area (Å²) < 4.78 is 0. The van der Waals surface area contributed by atoms with Crippen LogP contribution < -0.4 is 0 Å². The second-order valence-corrected chi connectivity index (χ2v) is 4.87. The molecule has 1 heterocycles. The first-order valence-electron chi connectivity index (χ1n) is 6.27. The molecule has 0 spiro atoms. The molecule has 19 heavy (non-hydrogen) atoms. The van der Waals surface area contributed by atoms with Crippen LogP contribution in [0.5, 0.6) is 0 Å². The number of H-pyrrole nitrogens is 1. The summed E-state index contributed by atoms with van der Waals surface area (Å²) in [6.45, 7) is 4.69. The van der Waals surface area contributed by atoms with Gasteiger partial charge in [0.1, 0.15) is 12.2 Å². The molecule has 0 radical (unpaired) electrons. The molecule has 0 bridgehead atoms. The van der Waals surface area contributed by atoms with E-state index in [1.165, 1.54) is 11.9 Å². The fourth-order valence-corrected chi connectivity index (χ4v) is 1.83. The number of nitrogens with zero attached hydrogens (tertiary/aromatic N) is 3. The summed E-state index contributed by atoms with van der Waals surface area (Å²) in [4.78, 5) is 17.8. The first kappa shape index (κ1) is 13.3. The SMILES string of the molecule is CC(C)c1ccc(C(=O)N(C)Cc2ncn[nH]2)cc1. The first-order chi connectivity index (χ1) is 9.08. The quantitative estimate of drug-likeness (QED) is 0.914. The molecule has 0 saturated heterocycles. The van der Waals surface area contributed by atoms with E-state index in [0.717, 1.165) is 0 Å². The normalized spacial score (nSPS) is 10.7. The van der Waals surface area contributed by atoms with E-state index in [0.29, 0.717) is 23.9 Å². The molecule has 5 nitrogen and oxygen atoms in total. The van der Waals surface area contributed by atoms with E-state index in [4.69, 9.17) is 0 Å². The van der Waals surface area contributed by atoms with Crippen LogP contribution in [0.15, 0.2) is 30.6 Å². The molecule has 1 aromatic carbocycles. The number of nitrogens with one attached hydrogen (secondary N) is 1. The van der Waals surface area contributed by atoms with Crippen LogP contribution >= 0.6 is 0 Å². The maximum absolute atomic E-state index is 12.2. The fraction of sp³-hybridized carbons (Fsp3) is 0.357. The van der Waals surface area contributed by atoms with Crippen molar-refractivity contribution in [3.05, 3.63) is 47.5 Å². The van der Waals surface area contributed by atoms with Gasteiger partial charge in [-0.05, 0) is 23.6 Å². The van der Waals surface area contributed by atoms with Crippen LogP contribution in [0.25, 0.3) is 0 Å². The van der Waals surface area contributed by atoms with Crippen LogP contribution in [0.2, 0.25) is 0 Å². The molecule has 0 fully saturated rings. The van der Waals surface area contributed by atoms with Crippen LogP contribution in [0.4, 0.5) is 0 Å². The molecule has 0 saturated carbocycles. The molecular weight excluding hydrogens is 240 g/mol. The van der Waals surface area contributed by atoms with E-state index in [9.17, 15) is 4.79 Å². The minimum absolute atomic E-state index is 0.0216. The van der Waals surface area contributed by atoms with Gasteiger partial charge in [-0.15, -0.1) is 0 Å². The second kappa shape index (κ2) is 5.65. The average molecular weight is 258 g/mol. The molecule has 0 atom stereocenters. The van der Waals surface area contributed by atoms with Crippen molar-refractivity contribution in [2.45, 2.75) is 26.3 Å². The fourth-order valence-electron chi connectivity index (χ4n) is 1.83. The molecule has 2 aromatic rings. The van der Waals surface area contributed by atoms with E-state index in [-0.39, 0.29) is 5.91 Å². The number of benzene rings is 1. The van der Waals surface area contributed by atoms with Crippen LogP contribution in [0.3, 0.4) is 0 Å². The number of hydrogen-bond acceptors (Lipinski definition) is 3. The zero-order valence-electron chi connectivity index (χ0n) is 11.4. The summed E-state index contributed by atoms with van der Waals surface area (Å²) in [5, 5.41) is 6.51. The van der Waals surface area contributed by atoms with Crippen LogP contribution in [0.1, 0.15) is 41.5 Å². The molecule has 1 aromatic heterocycles. The van der Waals surface area contributed by atoms with Crippen molar-refractivity contribution in [2.75, 3.05) is 7.05 Å². The number of aromatic nitrogens is 3. The second-order valence-electron chi connectivity index (χ2n) is 4.87. The monoisotopic (exact) mass is 258 g/mol. The van der Waals surface area contributed by atoms with Crippen LogP contribution in [-0.2, 0) is 6.54 Å². The molecule has 2 rings (SSSR count). The minimum atomic E-state index is -0.0216. The van der Waals surface area contributed by atoms with Crippen molar-refractivity contribution in [2.24, 2.45) is 0 Å². The molecule has 0 unspecified atom stereocenters. The highest BCUT2D eigenvalue weighted by molar-refractivity contribution is 5.94. The lowest BCUT2D eigenvalue weighted by Gasteiger charge is -2.16. The Hall–Kier alpha value is -2.17. The van der Waals surface area contributed by atoms with Gasteiger partial charge in [0.25, 0.3) is 5.91 Å². The minimum Gasteiger partial charge on any atom is -0.334 e. The predicted molar refractivity (Wildman–Crippen MR) is 72.7 cm³/mol. The summed E-state index contributed by atoms with van der Waals surface area (Å²) in [5.41, 5.74) is 1.92. The third kappa shape index (κ3) is 3.19. The zero-order chi connectivity index (χ0) is 13.8. The molecule has 0 aliphatic heterocycles. The topological polar surface area (TPSA) is 61.9 Å². The Balaban J connectivity index is 2.06. The predicted octanol–water partition coefficient (Wildman–Crippen LogP) is 2.20. The number of amides is 1. The van der Waals surface area contributed by atoms with Gasteiger partial charge in [0.2, 0.25) is 0 Å². The summed E-state index contributed by atoms with van der Waals surface area (Å²) in [5.74, 6) is 1.12. The van der Waals surface area contributed by atoms with Crippen molar-refractivity contribution in [1.29, 1.82) is 0 Å². The van der Waals surface area contributed by atoms with Crippen molar-refractivity contribution in [3.8, 4) is 0 Å². The largest absolute Gasteiger partial charge is 0.334 e. The lowest BCUT2D eigenvalue weighted by Crippen LogP contribution is -2.26. The summed E-state index contributed by atoms with van der Waals surface area (Å²) >= 11 is 0. The highest BCUT2D eigenvalue weighted by Gasteiger charge is 2.13. The maximum atomic E-state index is 12.2. The van der Waals surface area contributed by atoms with Gasteiger partial charge in [-0.3, -0.25) is 9.89 Å². The van der Waals surface area contributed by atoms with Gasteiger partial charge in [-0.2, -0.15) is 5.10 Å². The van der Waals surface area contributed by atoms with Gasteiger partial charge < -0.3 is 4.90 Å². The molecular formula is C14H18N4O. The smallest absolute Gasteiger partial charge is 0.254 e. The van der Waals surface area contributed by atoms with Crippen molar-refractivity contribution in [3.63, 3.8) is 0 Å². The van der Waals surface area contributed by atoms with E-state index in [2.05, 4.69) is 29.0 Å². The molecule has 5 heteroatoms. The maximum Gasteiger partial charge on any atom is 0.254 e. The highest BCUT2D eigenvalue weighted by Crippen LogP contribution is 2.15. The van der Waals surface area contributed by atoms with E-state index in [1.807, 2.05) is 24.3 Å². The summed E-state index contributed by atoms with van der Waals surface area (Å²) in [7, 11) is 1.75.